The van der Waals surface area contributed by atoms with Crippen molar-refractivity contribution in [1.82, 2.24) is 4.90 Å². The Bertz CT molecular complexity index is 510. The first-order valence-electron chi connectivity index (χ1n) is 7.00. The smallest absolute Gasteiger partial charge is 0.224 e. The summed E-state index contributed by atoms with van der Waals surface area (Å²) in [4.78, 5) is 14.3. The molecule has 0 spiro atoms. The fraction of sp³-hybridized carbons (Fsp3) is 0.467. The zero-order valence-electron chi connectivity index (χ0n) is 11.8. The van der Waals surface area contributed by atoms with Gasteiger partial charge in [-0.25, -0.2) is 0 Å². The first-order chi connectivity index (χ1) is 9.58. The molecular formula is C15H21N3OS. The van der Waals surface area contributed by atoms with Gasteiger partial charge in [-0.15, -0.1) is 0 Å². The molecule has 1 fully saturated rings. The lowest BCUT2D eigenvalue weighted by atomic mass is 10.1. The molecular weight excluding hydrogens is 270 g/mol. The van der Waals surface area contributed by atoms with Crippen LogP contribution in [0.5, 0.6) is 0 Å². The van der Waals surface area contributed by atoms with E-state index in [9.17, 15) is 4.79 Å². The number of anilines is 1. The number of thiocarbonyl (C=S) groups is 1. The Morgan fingerprint density at radius 2 is 2.10 bits per heavy atom. The molecule has 108 valence electrons. The number of nitrogens with one attached hydrogen (secondary N) is 1. The summed E-state index contributed by atoms with van der Waals surface area (Å²) >= 11 is 5.04. The summed E-state index contributed by atoms with van der Waals surface area (Å²) < 4.78 is 0. The van der Waals surface area contributed by atoms with Crippen molar-refractivity contribution in [2.24, 2.45) is 5.73 Å². The average Bonchev–Trinajstić information content (AvgIpc) is 2.92. The number of aryl methyl sites for hydroxylation is 1. The number of amides is 1. The standard InChI is InChI=1S/C15H21N3OS/c1-11-4-5-12(15(16)20)13(10-11)17-7-6-14(19)18-8-2-3-9-18/h4-5,10,17H,2-3,6-9H2,1H3,(H2,16,20). The van der Waals surface area contributed by atoms with Crippen LogP contribution in [0.15, 0.2) is 18.2 Å². The van der Waals surface area contributed by atoms with E-state index in [1.807, 2.05) is 30.0 Å². The summed E-state index contributed by atoms with van der Waals surface area (Å²) in [5.41, 5.74) is 8.59. The minimum Gasteiger partial charge on any atom is -0.389 e. The van der Waals surface area contributed by atoms with Gasteiger partial charge < -0.3 is 16.0 Å². The number of rotatable bonds is 5. The Balaban J connectivity index is 1.91. The third kappa shape index (κ3) is 3.70. The maximum absolute atomic E-state index is 12.0. The molecule has 0 unspecified atom stereocenters. The van der Waals surface area contributed by atoms with Crippen molar-refractivity contribution in [2.75, 3.05) is 25.0 Å². The highest BCUT2D eigenvalue weighted by molar-refractivity contribution is 7.80. The zero-order chi connectivity index (χ0) is 14.5. The van der Waals surface area contributed by atoms with Gasteiger partial charge in [0.2, 0.25) is 5.91 Å². The van der Waals surface area contributed by atoms with Gasteiger partial charge in [0.05, 0.1) is 0 Å². The highest BCUT2D eigenvalue weighted by Crippen LogP contribution is 2.18. The van der Waals surface area contributed by atoms with Crippen molar-refractivity contribution in [1.29, 1.82) is 0 Å². The predicted octanol–water partition coefficient (Wildman–Crippen LogP) is 2.05. The summed E-state index contributed by atoms with van der Waals surface area (Å²) in [5, 5.41) is 3.27. The molecule has 2 rings (SSSR count). The second-order valence-corrected chi connectivity index (χ2v) is 5.62. The van der Waals surface area contributed by atoms with E-state index < -0.39 is 0 Å². The first kappa shape index (κ1) is 14.8. The SMILES string of the molecule is Cc1ccc(C(N)=S)c(NCCC(=O)N2CCCC2)c1. The molecule has 3 N–H and O–H groups in total. The van der Waals surface area contributed by atoms with E-state index in [0.717, 1.165) is 42.7 Å². The summed E-state index contributed by atoms with van der Waals surface area (Å²) in [6.07, 6.45) is 2.76. The van der Waals surface area contributed by atoms with E-state index in [-0.39, 0.29) is 5.91 Å². The van der Waals surface area contributed by atoms with Crippen LogP contribution in [0.1, 0.15) is 30.4 Å². The minimum absolute atomic E-state index is 0.222. The minimum atomic E-state index is 0.222. The molecule has 0 radical (unpaired) electrons. The highest BCUT2D eigenvalue weighted by atomic mass is 32.1. The van der Waals surface area contributed by atoms with E-state index in [2.05, 4.69) is 5.32 Å². The molecule has 1 amide bonds. The second-order valence-electron chi connectivity index (χ2n) is 5.18. The van der Waals surface area contributed by atoms with Gasteiger partial charge in [0.15, 0.2) is 0 Å². The molecule has 1 aromatic carbocycles. The lowest BCUT2D eigenvalue weighted by Crippen LogP contribution is -2.29. The van der Waals surface area contributed by atoms with Gasteiger partial charge in [-0.3, -0.25) is 4.79 Å². The monoisotopic (exact) mass is 291 g/mol. The number of nitrogens with two attached hydrogens (primary N) is 1. The predicted molar refractivity (Wildman–Crippen MR) is 86.0 cm³/mol. The van der Waals surface area contributed by atoms with Gasteiger partial charge >= 0.3 is 0 Å². The molecule has 4 nitrogen and oxygen atoms in total. The number of carbonyl (C=O) groups excluding carboxylic acids is 1. The van der Waals surface area contributed by atoms with Crippen molar-refractivity contribution in [2.45, 2.75) is 26.2 Å². The van der Waals surface area contributed by atoms with Gasteiger partial charge in [0, 0.05) is 37.3 Å². The van der Waals surface area contributed by atoms with E-state index in [4.69, 9.17) is 18.0 Å². The van der Waals surface area contributed by atoms with Crippen molar-refractivity contribution >= 4 is 28.8 Å². The summed E-state index contributed by atoms with van der Waals surface area (Å²) in [6.45, 7) is 4.43. The quantitative estimate of drug-likeness (QED) is 0.815. The molecule has 0 aliphatic carbocycles. The topological polar surface area (TPSA) is 58.4 Å². The van der Waals surface area contributed by atoms with Crippen LogP contribution in [-0.2, 0) is 4.79 Å². The van der Waals surface area contributed by atoms with Crippen molar-refractivity contribution in [3.05, 3.63) is 29.3 Å². The van der Waals surface area contributed by atoms with E-state index in [1.165, 1.54) is 0 Å². The Hall–Kier alpha value is -1.62. The number of hydrogen-bond acceptors (Lipinski definition) is 3. The number of nitrogens with zero attached hydrogens (tertiary/aromatic N) is 1. The van der Waals surface area contributed by atoms with Crippen molar-refractivity contribution in [3.63, 3.8) is 0 Å². The van der Waals surface area contributed by atoms with Crippen LogP contribution in [-0.4, -0.2) is 35.4 Å². The normalized spacial score (nSPS) is 14.3. The molecule has 1 saturated heterocycles. The van der Waals surface area contributed by atoms with Crippen LogP contribution >= 0.6 is 12.2 Å². The zero-order valence-corrected chi connectivity index (χ0v) is 12.6. The van der Waals surface area contributed by atoms with Gasteiger partial charge in [-0.05, 0) is 37.5 Å². The summed E-state index contributed by atoms with van der Waals surface area (Å²) in [6, 6.07) is 5.91. The fourth-order valence-electron chi connectivity index (χ4n) is 2.45. The summed E-state index contributed by atoms with van der Waals surface area (Å²) in [5.74, 6) is 0.222. The molecule has 1 heterocycles. The highest BCUT2D eigenvalue weighted by Gasteiger charge is 2.17. The number of likely N-dealkylation sites (tertiary alicyclic amines) is 1. The number of benzene rings is 1. The number of hydrogen-bond donors (Lipinski definition) is 2. The fourth-order valence-corrected chi connectivity index (χ4v) is 2.63. The first-order valence-corrected chi connectivity index (χ1v) is 7.41. The lowest BCUT2D eigenvalue weighted by molar-refractivity contribution is -0.129. The Morgan fingerprint density at radius 3 is 2.75 bits per heavy atom. The Labute approximate surface area is 125 Å². The molecule has 0 aromatic heterocycles. The molecule has 0 bridgehead atoms. The van der Waals surface area contributed by atoms with E-state index >= 15 is 0 Å². The average molecular weight is 291 g/mol. The van der Waals surface area contributed by atoms with Gasteiger partial charge in [0.1, 0.15) is 4.99 Å². The van der Waals surface area contributed by atoms with E-state index in [0.29, 0.717) is 18.0 Å². The maximum Gasteiger partial charge on any atom is 0.224 e. The lowest BCUT2D eigenvalue weighted by Gasteiger charge is -2.16. The van der Waals surface area contributed by atoms with Crippen LogP contribution in [0.2, 0.25) is 0 Å². The van der Waals surface area contributed by atoms with Gasteiger partial charge in [-0.1, -0.05) is 18.3 Å². The van der Waals surface area contributed by atoms with Crippen molar-refractivity contribution < 1.29 is 4.79 Å². The van der Waals surface area contributed by atoms with Gasteiger partial charge in [0.25, 0.3) is 0 Å². The Morgan fingerprint density at radius 1 is 1.40 bits per heavy atom. The molecule has 5 heteroatoms. The van der Waals surface area contributed by atoms with Gasteiger partial charge in [-0.2, -0.15) is 0 Å². The Kier molecular flexibility index (Phi) is 4.95. The molecule has 20 heavy (non-hydrogen) atoms. The third-order valence-corrected chi connectivity index (χ3v) is 3.77. The number of carbonyl (C=O) groups is 1. The third-order valence-electron chi connectivity index (χ3n) is 3.55. The second kappa shape index (κ2) is 6.70. The molecule has 1 aliphatic heterocycles. The molecule has 1 aromatic rings. The van der Waals surface area contributed by atoms with Crippen LogP contribution < -0.4 is 11.1 Å². The molecule has 0 atom stereocenters. The largest absolute Gasteiger partial charge is 0.389 e. The van der Waals surface area contributed by atoms with Crippen LogP contribution in [0.3, 0.4) is 0 Å². The van der Waals surface area contributed by atoms with Crippen LogP contribution in [0, 0.1) is 6.92 Å². The summed E-state index contributed by atoms with van der Waals surface area (Å²) in [7, 11) is 0. The maximum atomic E-state index is 12.0. The molecule has 0 saturated carbocycles. The van der Waals surface area contributed by atoms with Crippen molar-refractivity contribution in [3.8, 4) is 0 Å². The molecule has 1 aliphatic rings. The van der Waals surface area contributed by atoms with E-state index in [1.54, 1.807) is 0 Å². The van der Waals surface area contributed by atoms with Crippen LogP contribution in [0.4, 0.5) is 5.69 Å². The van der Waals surface area contributed by atoms with Crippen LogP contribution in [0.25, 0.3) is 0 Å².